The van der Waals surface area contributed by atoms with Crippen LogP contribution in [-0.2, 0) is 0 Å². The van der Waals surface area contributed by atoms with Gasteiger partial charge >= 0.3 is 0 Å². The molecule has 0 spiro atoms. The Kier molecular flexibility index (Phi) is 4.52. The van der Waals surface area contributed by atoms with Gasteiger partial charge in [0.2, 0.25) is 0 Å². The van der Waals surface area contributed by atoms with E-state index in [1.54, 1.807) is 12.1 Å². The standard InChI is InChI=1S/C19H12Cl2N2/c20-16-5-3-14(4-6-16)15(13-22)12-19-2-1-11-23(19)18-9-7-17(21)8-10-18/h1-12H. The van der Waals surface area contributed by atoms with Crippen molar-refractivity contribution in [3.8, 4) is 11.8 Å². The van der Waals surface area contributed by atoms with Crippen LogP contribution in [0.25, 0.3) is 17.3 Å². The third kappa shape index (κ3) is 3.48. The second-order valence-electron chi connectivity index (χ2n) is 4.96. The lowest BCUT2D eigenvalue weighted by Crippen LogP contribution is -1.94. The van der Waals surface area contributed by atoms with E-state index in [4.69, 9.17) is 23.2 Å². The molecule has 0 unspecified atom stereocenters. The van der Waals surface area contributed by atoms with E-state index in [2.05, 4.69) is 6.07 Å². The van der Waals surface area contributed by atoms with Crippen LogP contribution in [0.3, 0.4) is 0 Å². The molecule has 2 nitrogen and oxygen atoms in total. The molecule has 1 heterocycles. The quantitative estimate of drug-likeness (QED) is 0.550. The first-order chi connectivity index (χ1) is 11.2. The molecule has 2 aromatic carbocycles. The fourth-order valence-corrected chi connectivity index (χ4v) is 2.56. The van der Waals surface area contributed by atoms with Gasteiger partial charge in [0, 0.05) is 27.6 Å². The van der Waals surface area contributed by atoms with E-state index in [9.17, 15) is 5.26 Å². The van der Waals surface area contributed by atoms with Crippen LogP contribution in [0.4, 0.5) is 0 Å². The second-order valence-corrected chi connectivity index (χ2v) is 5.83. The molecule has 0 fully saturated rings. The predicted molar refractivity (Wildman–Crippen MR) is 95.7 cm³/mol. The Balaban J connectivity index is 2.02. The molecule has 0 aliphatic carbocycles. The minimum atomic E-state index is 0.579. The molecule has 112 valence electrons. The normalized spacial score (nSPS) is 11.3. The smallest absolute Gasteiger partial charge is 0.0998 e. The van der Waals surface area contributed by atoms with Gasteiger partial charge in [-0.2, -0.15) is 5.26 Å². The summed E-state index contributed by atoms with van der Waals surface area (Å²) in [6, 6.07) is 20.9. The van der Waals surface area contributed by atoms with Crippen LogP contribution >= 0.6 is 23.2 Å². The van der Waals surface area contributed by atoms with E-state index in [1.165, 1.54) is 0 Å². The van der Waals surface area contributed by atoms with Gasteiger partial charge in [-0.05, 0) is 60.2 Å². The molecule has 0 radical (unpaired) electrons. The minimum absolute atomic E-state index is 0.579. The maximum absolute atomic E-state index is 9.47. The van der Waals surface area contributed by atoms with Crippen LogP contribution in [0.1, 0.15) is 11.3 Å². The van der Waals surface area contributed by atoms with E-state index in [1.807, 2.05) is 65.4 Å². The first kappa shape index (κ1) is 15.4. The Morgan fingerprint density at radius 2 is 1.52 bits per heavy atom. The lowest BCUT2D eigenvalue weighted by Gasteiger charge is -2.07. The van der Waals surface area contributed by atoms with Crippen molar-refractivity contribution in [2.75, 3.05) is 0 Å². The summed E-state index contributed by atoms with van der Waals surface area (Å²) >= 11 is 11.8. The Morgan fingerprint density at radius 3 is 2.13 bits per heavy atom. The van der Waals surface area contributed by atoms with E-state index < -0.39 is 0 Å². The molecular weight excluding hydrogens is 327 g/mol. The Hall–Kier alpha value is -2.47. The zero-order valence-electron chi connectivity index (χ0n) is 12.1. The van der Waals surface area contributed by atoms with Crippen molar-refractivity contribution in [1.29, 1.82) is 5.26 Å². The van der Waals surface area contributed by atoms with Crippen molar-refractivity contribution in [3.63, 3.8) is 0 Å². The molecule has 0 amide bonds. The van der Waals surface area contributed by atoms with Gasteiger partial charge < -0.3 is 4.57 Å². The molecule has 1 aromatic heterocycles. The average Bonchev–Trinajstić information content (AvgIpc) is 3.02. The molecule has 0 aliphatic heterocycles. The van der Waals surface area contributed by atoms with Crippen LogP contribution < -0.4 is 0 Å². The van der Waals surface area contributed by atoms with Crippen molar-refractivity contribution in [2.45, 2.75) is 0 Å². The molecule has 3 rings (SSSR count). The highest BCUT2D eigenvalue weighted by molar-refractivity contribution is 6.30. The van der Waals surface area contributed by atoms with Crippen molar-refractivity contribution in [1.82, 2.24) is 4.57 Å². The number of aromatic nitrogens is 1. The summed E-state index contributed by atoms with van der Waals surface area (Å²) in [5, 5.41) is 10.8. The van der Waals surface area contributed by atoms with Crippen LogP contribution in [0.15, 0.2) is 66.9 Å². The van der Waals surface area contributed by atoms with Gasteiger partial charge in [0.05, 0.1) is 11.6 Å². The number of nitrogens with zero attached hydrogens (tertiary/aromatic N) is 2. The lowest BCUT2D eigenvalue weighted by atomic mass is 10.1. The van der Waals surface area contributed by atoms with Gasteiger partial charge in [-0.1, -0.05) is 35.3 Å². The fraction of sp³-hybridized carbons (Fsp3) is 0. The summed E-state index contributed by atoms with van der Waals surface area (Å²) in [6.07, 6.45) is 3.81. The molecule has 0 bridgehead atoms. The third-order valence-corrected chi connectivity index (χ3v) is 3.96. The molecule has 4 heteroatoms. The number of nitriles is 1. The summed E-state index contributed by atoms with van der Waals surface area (Å²) in [5.74, 6) is 0. The molecule has 3 aromatic rings. The summed E-state index contributed by atoms with van der Waals surface area (Å²) in [7, 11) is 0. The van der Waals surface area contributed by atoms with E-state index in [0.717, 1.165) is 16.9 Å². The van der Waals surface area contributed by atoms with Gasteiger partial charge in [0.15, 0.2) is 0 Å². The van der Waals surface area contributed by atoms with Crippen LogP contribution in [0.5, 0.6) is 0 Å². The fourth-order valence-electron chi connectivity index (χ4n) is 2.31. The summed E-state index contributed by atoms with van der Waals surface area (Å²) in [4.78, 5) is 0. The molecule has 0 saturated heterocycles. The zero-order chi connectivity index (χ0) is 16.2. The van der Waals surface area contributed by atoms with E-state index in [-0.39, 0.29) is 0 Å². The first-order valence-electron chi connectivity index (χ1n) is 6.98. The van der Waals surface area contributed by atoms with Crippen molar-refractivity contribution < 1.29 is 0 Å². The lowest BCUT2D eigenvalue weighted by molar-refractivity contribution is 1.06. The van der Waals surface area contributed by atoms with E-state index >= 15 is 0 Å². The number of hydrogen-bond acceptors (Lipinski definition) is 1. The van der Waals surface area contributed by atoms with Crippen LogP contribution in [0, 0.1) is 11.3 Å². The number of hydrogen-bond donors (Lipinski definition) is 0. The minimum Gasteiger partial charge on any atom is -0.317 e. The van der Waals surface area contributed by atoms with Gasteiger partial charge in [-0.15, -0.1) is 0 Å². The van der Waals surface area contributed by atoms with Crippen LogP contribution in [0.2, 0.25) is 10.0 Å². The third-order valence-electron chi connectivity index (χ3n) is 3.45. The van der Waals surface area contributed by atoms with Gasteiger partial charge in [-0.25, -0.2) is 0 Å². The highest BCUT2D eigenvalue weighted by atomic mass is 35.5. The van der Waals surface area contributed by atoms with E-state index in [0.29, 0.717) is 15.6 Å². The van der Waals surface area contributed by atoms with Crippen molar-refractivity contribution in [2.24, 2.45) is 0 Å². The molecule has 0 N–H and O–H groups in total. The summed E-state index contributed by atoms with van der Waals surface area (Å²) in [6.45, 7) is 0. The summed E-state index contributed by atoms with van der Waals surface area (Å²) in [5.41, 5.74) is 3.31. The van der Waals surface area contributed by atoms with Crippen LogP contribution in [-0.4, -0.2) is 4.57 Å². The topological polar surface area (TPSA) is 28.7 Å². The number of rotatable bonds is 3. The van der Waals surface area contributed by atoms with Gasteiger partial charge in [-0.3, -0.25) is 0 Å². The number of allylic oxidation sites excluding steroid dienone is 1. The van der Waals surface area contributed by atoms with Gasteiger partial charge in [0.1, 0.15) is 0 Å². The molecular formula is C19H12Cl2N2. The largest absolute Gasteiger partial charge is 0.317 e. The number of halogens is 2. The Bertz CT molecular complexity index is 882. The Morgan fingerprint density at radius 1 is 0.913 bits per heavy atom. The SMILES string of the molecule is N#CC(=Cc1cccn1-c1ccc(Cl)cc1)c1ccc(Cl)cc1. The average molecular weight is 339 g/mol. The maximum Gasteiger partial charge on any atom is 0.0998 e. The highest BCUT2D eigenvalue weighted by Crippen LogP contribution is 2.22. The second kappa shape index (κ2) is 6.75. The summed E-state index contributed by atoms with van der Waals surface area (Å²) < 4.78 is 2.00. The molecule has 23 heavy (non-hydrogen) atoms. The molecule has 0 aliphatic rings. The zero-order valence-corrected chi connectivity index (χ0v) is 13.6. The molecule has 0 atom stereocenters. The first-order valence-corrected chi connectivity index (χ1v) is 7.74. The molecule has 0 saturated carbocycles. The van der Waals surface area contributed by atoms with Gasteiger partial charge in [0.25, 0.3) is 0 Å². The maximum atomic E-state index is 9.47. The van der Waals surface area contributed by atoms with Crippen molar-refractivity contribution in [3.05, 3.63) is 88.2 Å². The highest BCUT2D eigenvalue weighted by Gasteiger charge is 2.05. The predicted octanol–water partition coefficient (Wildman–Crippen LogP) is 5.85. The monoisotopic (exact) mass is 338 g/mol. The van der Waals surface area contributed by atoms with Crippen molar-refractivity contribution >= 4 is 34.9 Å². The Labute approximate surface area is 144 Å². The number of benzene rings is 2.